The van der Waals surface area contributed by atoms with Crippen LogP contribution in [0, 0.1) is 0 Å². The molecule has 1 aromatic heterocycles. The van der Waals surface area contributed by atoms with E-state index in [9.17, 15) is 9.59 Å². The number of amides is 2. The van der Waals surface area contributed by atoms with Crippen LogP contribution in [0.1, 0.15) is 28.1 Å². The number of benzene rings is 1. The molecule has 1 aliphatic heterocycles. The maximum absolute atomic E-state index is 12.6. The summed E-state index contributed by atoms with van der Waals surface area (Å²) in [4.78, 5) is 29.1. The molecule has 0 N–H and O–H groups in total. The molecule has 120 valence electrons. The van der Waals surface area contributed by atoms with Crippen LogP contribution in [0.15, 0.2) is 40.2 Å². The maximum Gasteiger partial charge on any atom is 0.253 e. The van der Waals surface area contributed by atoms with Crippen molar-refractivity contribution in [1.29, 1.82) is 0 Å². The van der Waals surface area contributed by atoms with Crippen molar-refractivity contribution in [3.63, 3.8) is 0 Å². The molecule has 0 spiro atoms. The summed E-state index contributed by atoms with van der Waals surface area (Å²) in [6.45, 7) is 1.30. The van der Waals surface area contributed by atoms with Crippen molar-refractivity contribution in [3.05, 3.63) is 50.6 Å². The van der Waals surface area contributed by atoms with Crippen molar-refractivity contribution in [2.75, 3.05) is 18.5 Å². The minimum Gasteiger partial charge on any atom is -0.337 e. The first-order valence-electron chi connectivity index (χ1n) is 7.45. The lowest BCUT2D eigenvalue weighted by molar-refractivity contribution is -0.117. The van der Waals surface area contributed by atoms with E-state index in [0.717, 1.165) is 27.3 Å². The quantitative estimate of drug-likeness (QED) is 0.791. The average molecular weight is 393 g/mol. The largest absolute Gasteiger partial charge is 0.337 e. The lowest BCUT2D eigenvalue weighted by atomic mass is 10.1. The van der Waals surface area contributed by atoms with Gasteiger partial charge in [0.05, 0.1) is 10.3 Å². The van der Waals surface area contributed by atoms with Crippen molar-refractivity contribution in [1.82, 2.24) is 4.90 Å². The third-order valence-electron chi connectivity index (χ3n) is 3.85. The van der Waals surface area contributed by atoms with Gasteiger partial charge < -0.3 is 9.80 Å². The van der Waals surface area contributed by atoms with Crippen molar-refractivity contribution >= 4 is 44.8 Å². The van der Waals surface area contributed by atoms with Crippen LogP contribution in [0.4, 0.5) is 5.69 Å². The molecule has 4 nitrogen and oxygen atoms in total. The van der Waals surface area contributed by atoms with Gasteiger partial charge in [-0.05, 0) is 52.7 Å². The van der Waals surface area contributed by atoms with Gasteiger partial charge in [0.15, 0.2) is 0 Å². The molecule has 1 saturated heterocycles. The van der Waals surface area contributed by atoms with E-state index in [0.29, 0.717) is 18.5 Å². The molecule has 2 amide bonds. The summed E-state index contributed by atoms with van der Waals surface area (Å²) in [5.41, 5.74) is 1.42. The molecule has 6 heteroatoms. The Morgan fingerprint density at radius 1 is 1.35 bits per heavy atom. The molecule has 0 radical (unpaired) electrons. The van der Waals surface area contributed by atoms with Gasteiger partial charge in [-0.2, -0.15) is 0 Å². The van der Waals surface area contributed by atoms with Gasteiger partial charge in [0, 0.05) is 36.1 Å². The van der Waals surface area contributed by atoms with E-state index in [2.05, 4.69) is 15.9 Å². The Kier molecular flexibility index (Phi) is 4.82. The van der Waals surface area contributed by atoms with E-state index in [1.165, 1.54) is 0 Å². The fourth-order valence-electron chi connectivity index (χ4n) is 2.69. The summed E-state index contributed by atoms with van der Waals surface area (Å²) < 4.78 is 1.06. The van der Waals surface area contributed by atoms with E-state index < -0.39 is 0 Å². The minimum absolute atomic E-state index is 0.0389. The van der Waals surface area contributed by atoms with Crippen LogP contribution in [0.5, 0.6) is 0 Å². The Labute approximate surface area is 147 Å². The Morgan fingerprint density at radius 3 is 2.83 bits per heavy atom. The van der Waals surface area contributed by atoms with E-state index in [1.807, 2.05) is 30.3 Å². The van der Waals surface area contributed by atoms with E-state index in [1.54, 1.807) is 34.3 Å². The number of halogens is 1. The number of nitrogens with zero attached hydrogens (tertiary/aromatic N) is 2. The Bertz CT molecular complexity index is 744. The number of hydrogen-bond acceptors (Lipinski definition) is 3. The number of carbonyl (C=O) groups excluding carboxylic acids is 2. The second-order valence-electron chi connectivity index (χ2n) is 5.57. The Balaban J connectivity index is 1.75. The third-order valence-corrected chi connectivity index (χ3v) is 5.46. The van der Waals surface area contributed by atoms with Gasteiger partial charge in [-0.3, -0.25) is 9.59 Å². The molecule has 1 fully saturated rings. The topological polar surface area (TPSA) is 40.6 Å². The molecule has 0 unspecified atom stereocenters. The monoisotopic (exact) mass is 392 g/mol. The number of carbonyl (C=O) groups is 2. The summed E-state index contributed by atoms with van der Waals surface area (Å²) in [7, 11) is 1.80. The number of rotatable bonds is 4. The highest BCUT2D eigenvalue weighted by molar-refractivity contribution is 9.11. The number of anilines is 1. The molecule has 23 heavy (non-hydrogen) atoms. The van der Waals surface area contributed by atoms with Gasteiger partial charge in [-0.25, -0.2) is 0 Å². The normalized spacial score (nSPS) is 14.3. The van der Waals surface area contributed by atoms with E-state index in [4.69, 9.17) is 0 Å². The molecule has 3 rings (SSSR count). The summed E-state index contributed by atoms with van der Waals surface area (Å²) in [5.74, 6) is 0.0920. The summed E-state index contributed by atoms with van der Waals surface area (Å²) in [6.07, 6.45) is 1.47. The molecular weight excluding hydrogens is 376 g/mol. The van der Waals surface area contributed by atoms with E-state index >= 15 is 0 Å². The highest BCUT2D eigenvalue weighted by Crippen LogP contribution is 2.25. The summed E-state index contributed by atoms with van der Waals surface area (Å²) in [5, 5.41) is 0. The molecule has 1 aromatic carbocycles. The first-order chi connectivity index (χ1) is 11.0. The lowest BCUT2D eigenvalue weighted by Crippen LogP contribution is -2.27. The maximum atomic E-state index is 12.6. The number of thiophene rings is 1. The molecule has 0 saturated carbocycles. The Hall–Kier alpha value is -1.66. The summed E-state index contributed by atoms with van der Waals surface area (Å²) >= 11 is 5.06. The first-order valence-corrected chi connectivity index (χ1v) is 9.05. The van der Waals surface area contributed by atoms with Crippen LogP contribution in [0.25, 0.3) is 0 Å². The zero-order chi connectivity index (χ0) is 16.4. The van der Waals surface area contributed by atoms with Crippen molar-refractivity contribution in [2.24, 2.45) is 0 Å². The van der Waals surface area contributed by atoms with Crippen LogP contribution in [-0.2, 0) is 11.3 Å². The summed E-state index contributed by atoms with van der Waals surface area (Å²) in [6, 6.07) is 11.3. The fourth-order valence-corrected chi connectivity index (χ4v) is 4.23. The predicted molar refractivity (Wildman–Crippen MR) is 95.8 cm³/mol. The SMILES string of the molecule is CN(Cc1ccc(Br)s1)C(=O)c1cccc(N2CCCC2=O)c1. The molecule has 0 bridgehead atoms. The zero-order valence-electron chi connectivity index (χ0n) is 12.8. The van der Waals surface area contributed by atoms with Gasteiger partial charge in [0.1, 0.15) is 0 Å². The first kappa shape index (κ1) is 16.2. The van der Waals surface area contributed by atoms with Gasteiger partial charge >= 0.3 is 0 Å². The predicted octanol–water partition coefficient (Wildman–Crippen LogP) is 3.91. The Morgan fingerprint density at radius 2 is 2.17 bits per heavy atom. The highest BCUT2D eigenvalue weighted by atomic mass is 79.9. The lowest BCUT2D eigenvalue weighted by Gasteiger charge is -2.19. The smallest absolute Gasteiger partial charge is 0.253 e. The van der Waals surface area contributed by atoms with Crippen LogP contribution in [0.2, 0.25) is 0 Å². The highest BCUT2D eigenvalue weighted by Gasteiger charge is 2.22. The molecule has 2 heterocycles. The van der Waals surface area contributed by atoms with Crippen LogP contribution >= 0.6 is 27.3 Å². The van der Waals surface area contributed by atoms with E-state index in [-0.39, 0.29) is 11.8 Å². The molecule has 0 atom stereocenters. The molecule has 1 aliphatic rings. The van der Waals surface area contributed by atoms with Crippen LogP contribution < -0.4 is 4.90 Å². The second-order valence-corrected chi connectivity index (χ2v) is 8.11. The molecule has 0 aliphatic carbocycles. The standard InChI is InChI=1S/C17H17BrN2O2S/c1-19(11-14-7-8-15(18)23-14)17(22)12-4-2-5-13(10-12)20-9-3-6-16(20)21/h2,4-5,7-8,10H,3,6,9,11H2,1H3. The van der Waals surface area contributed by atoms with Gasteiger partial charge in [-0.1, -0.05) is 6.07 Å². The average Bonchev–Trinajstić information content (AvgIpc) is 3.15. The van der Waals surface area contributed by atoms with Crippen LogP contribution in [-0.4, -0.2) is 30.3 Å². The molecular formula is C17H17BrN2O2S. The van der Waals surface area contributed by atoms with Crippen molar-refractivity contribution < 1.29 is 9.59 Å². The van der Waals surface area contributed by atoms with Gasteiger partial charge in [0.25, 0.3) is 5.91 Å². The van der Waals surface area contributed by atoms with Gasteiger partial charge in [0.2, 0.25) is 5.91 Å². The number of hydrogen-bond donors (Lipinski definition) is 0. The minimum atomic E-state index is -0.0389. The fraction of sp³-hybridized carbons (Fsp3) is 0.294. The van der Waals surface area contributed by atoms with Crippen LogP contribution in [0.3, 0.4) is 0 Å². The third kappa shape index (κ3) is 3.64. The van der Waals surface area contributed by atoms with Crippen molar-refractivity contribution in [2.45, 2.75) is 19.4 Å². The van der Waals surface area contributed by atoms with Crippen molar-refractivity contribution in [3.8, 4) is 0 Å². The zero-order valence-corrected chi connectivity index (χ0v) is 15.2. The molecule has 2 aromatic rings. The van der Waals surface area contributed by atoms with Gasteiger partial charge in [-0.15, -0.1) is 11.3 Å². The second kappa shape index (κ2) is 6.84.